The summed E-state index contributed by atoms with van der Waals surface area (Å²) in [5.41, 5.74) is 2.08. The molecule has 0 amide bonds. The van der Waals surface area contributed by atoms with Crippen LogP contribution in [-0.4, -0.2) is 46.1 Å². The van der Waals surface area contributed by atoms with Gasteiger partial charge < -0.3 is 9.64 Å². The van der Waals surface area contributed by atoms with Gasteiger partial charge >= 0.3 is 0 Å². The number of hydrogen-bond donors (Lipinski definition) is 0. The van der Waals surface area contributed by atoms with Crippen molar-refractivity contribution in [3.63, 3.8) is 0 Å². The number of nitrogens with zero attached hydrogens (tertiary/aromatic N) is 2. The lowest BCUT2D eigenvalue weighted by Crippen LogP contribution is -2.37. The molecule has 0 aliphatic carbocycles. The van der Waals surface area contributed by atoms with Crippen molar-refractivity contribution in [2.45, 2.75) is 11.4 Å². The molecule has 2 aromatic rings. The SMILES string of the molecule is CN(Cc1ccccc1N1CCOCC1)S(=O)(=O)c1ccccc1. The van der Waals surface area contributed by atoms with E-state index in [0.29, 0.717) is 24.7 Å². The molecular formula is C18H22N2O3S. The van der Waals surface area contributed by atoms with Gasteiger partial charge in [0.25, 0.3) is 0 Å². The molecule has 0 radical (unpaired) electrons. The van der Waals surface area contributed by atoms with Gasteiger partial charge in [0.15, 0.2) is 0 Å². The van der Waals surface area contributed by atoms with Crippen molar-refractivity contribution in [3.05, 3.63) is 60.2 Å². The number of hydrogen-bond acceptors (Lipinski definition) is 4. The number of ether oxygens (including phenoxy) is 1. The minimum atomic E-state index is -3.49. The Bertz CT molecular complexity index is 772. The summed E-state index contributed by atoms with van der Waals surface area (Å²) < 4.78 is 32.2. The maximum Gasteiger partial charge on any atom is 0.243 e. The van der Waals surface area contributed by atoms with E-state index in [-0.39, 0.29) is 0 Å². The topological polar surface area (TPSA) is 49.9 Å². The molecule has 1 heterocycles. The largest absolute Gasteiger partial charge is 0.378 e. The molecule has 128 valence electrons. The molecule has 0 atom stereocenters. The van der Waals surface area contributed by atoms with Crippen molar-refractivity contribution in [2.24, 2.45) is 0 Å². The second kappa shape index (κ2) is 7.34. The van der Waals surface area contributed by atoms with Gasteiger partial charge in [-0.15, -0.1) is 0 Å². The monoisotopic (exact) mass is 346 g/mol. The normalized spacial score (nSPS) is 15.7. The Kier molecular flexibility index (Phi) is 5.18. The standard InChI is InChI=1S/C18H22N2O3S/c1-19(24(21,22)17-8-3-2-4-9-17)15-16-7-5-6-10-18(16)20-11-13-23-14-12-20/h2-10H,11-15H2,1H3. The summed E-state index contributed by atoms with van der Waals surface area (Å²) in [4.78, 5) is 2.57. The first-order chi connectivity index (χ1) is 11.6. The first-order valence-corrected chi connectivity index (χ1v) is 9.45. The van der Waals surface area contributed by atoms with Crippen LogP contribution in [0, 0.1) is 0 Å². The average molecular weight is 346 g/mol. The van der Waals surface area contributed by atoms with Crippen LogP contribution in [-0.2, 0) is 21.3 Å². The lowest BCUT2D eigenvalue weighted by atomic mass is 10.1. The van der Waals surface area contributed by atoms with Crippen molar-refractivity contribution >= 4 is 15.7 Å². The third-order valence-corrected chi connectivity index (χ3v) is 6.01. The Labute approximate surface area is 143 Å². The van der Waals surface area contributed by atoms with Crippen LogP contribution in [0.25, 0.3) is 0 Å². The van der Waals surface area contributed by atoms with Crippen LogP contribution in [0.5, 0.6) is 0 Å². The van der Waals surface area contributed by atoms with E-state index in [2.05, 4.69) is 4.90 Å². The minimum absolute atomic E-state index is 0.316. The summed E-state index contributed by atoms with van der Waals surface area (Å²) in [6.45, 7) is 3.39. The van der Waals surface area contributed by atoms with Crippen LogP contribution in [0.4, 0.5) is 5.69 Å². The Morgan fingerprint density at radius 2 is 1.62 bits per heavy atom. The maximum absolute atomic E-state index is 12.7. The highest BCUT2D eigenvalue weighted by molar-refractivity contribution is 7.89. The molecular weight excluding hydrogens is 324 g/mol. The van der Waals surface area contributed by atoms with E-state index in [0.717, 1.165) is 24.3 Å². The summed E-state index contributed by atoms with van der Waals surface area (Å²) in [6.07, 6.45) is 0. The van der Waals surface area contributed by atoms with Gasteiger partial charge in [0.2, 0.25) is 10.0 Å². The fourth-order valence-corrected chi connectivity index (χ4v) is 4.02. The van der Waals surface area contributed by atoms with Gasteiger partial charge in [-0.05, 0) is 23.8 Å². The molecule has 5 nitrogen and oxygen atoms in total. The number of para-hydroxylation sites is 1. The molecule has 1 fully saturated rings. The van der Waals surface area contributed by atoms with Crippen molar-refractivity contribution < 1.29 is 13.2 Å². The Morgan fingerprint density at radius 1 is 1.00 bits per heavy atom. The molecule has 1 saturated heterocycles. The molecule has 0 aromatic heterocycles. The summed E-state index contributed by atoms with van der Waals surface area (Å²) >= 11 is 0. The number of benzene rings is 2. The van der Waals surface area contributed by atoms with Gasteiger partial charge in [-0.1, -0.05) is 36.4 Å². The third kappa shape index (κ3) is 3.61. The van der Waals surface area contributed by atoms with Crippen LogP contribution >= 0.6 is 0 Å². The van der Waals surface area contributed by atoms with Crippen molar-refractivity contribution in [3.8, 4) is 0 Å². The third-order valence-electron chi connectivity index (χ3n) is 4.19. The Hall–Kier alpha value is -1.89. The molecule has 0 N–H and O–H groups in total. The van der Waals surface area contributed by atoms with E-state index in [1.165, 1.54) is 4.31 Å². The molecule has 0 unspecified atom stereocenters. The summed E-state index contributed by atoms with van der Waals surface area (Å²) in [5, 5.41) is 0. The van der Waals surface area contributed by atoms with Crippen molar-refractivity contribution in [2.75, 3.05) is 38.3 Å². The molecule has 0 spiro atoms. The highest BCUT2D eigenvalue weighted by atomic mass is 32.2. The summed E-state index contributed by atoms with van der Waals surface area (Å²) in [5.74, 6) is 0. The lowest BCUT2D eigenvalue weighted by Gasteiger charge is -2.31. The smallest absolute Gasteiger partial charge is 0.243 e. The van der Waals surface area contributed by atoms with E-state index in [9.17, 15) is 8.42 Å². The summed E-state index contributed by atoms with van der Waals surface area (Å²) in [7, 11) is -1.87. The molecule has 1 aliphatic rings. The maximum atomic E-state index is 12.7. The van der Waals surface area contributed by atoms with Crippen LogP contribution in [0.15, 0.2) is 59.5 Å². The van der Waals surface area contributed by atoms with E-state index in [1.807, 2.05) is 30.3 Å². The molecule has 3 rings (SSSR count). The summed E-state index contributed by atoms with van der Waals surface area (Å²) in [6, 6.07) is 16.5. The zero-order valence-corrected chi connectivity index (χ0v) is 14.6. The Morgan fingerprint density at radius 3 is 2.33 bits per heavy atom. The highest BCUT2D eigenvalue weighted by Gasteiger charge is 2.22. The zero-order valence-electron chi connectivity index (χ0n) is 13.8. The van der Waals surface area contributed by atoms with Gasteiger partial charge in [-0.3, -0.25) is 0 Å². The molecule has 6 heteroatoms. The van der Waals surface area contributed by atoms with Crippen LogP contribution in [0.1, 0.15) is 5.56 Å². The van der Waals surface area contributed by atoms with Gasteiger partial charge in [-0.25, -0.2) is 8.42 Å². The fraction of sp³-hybridized carbons (Fsp3) is 0.333. The lowest BCUT2D eigenvalue weighted by molar-refractivity contribution is 0.122. The first kappa shape index (κ1) is 17.0. The molecule has 0 saturated carbocycles. The predicted molar refractivity (Wildman–Crippen MR) is 94.6 cm³/mol. The quantitative estimate of drug-likeness (QED) is 0.834. The number of rotatable bonds is 5. The number of anilines is 1. The minimum Gasteiger partial charge on any atom is -0.378 e. The van der Waals surface area contributed by atoms with Crippen molar-refractivity contribution in [1.82, 2.24) is 4.31 Å². The highest BCUT2D eigenvalue weighted by Crippen LogP contribution is 2.24. The average Bonchev–Trinajstić information content (AvgIpc) is 2.63. The molecule has 1 aliphatic heterocycles. The zero-order chi connectivity index (χ0) is 17.0. The first-order valence-electron chi connectivity index (χ1n) is 8.01. The fourth-order valence-electron chi connectivity index (χ4n) is 2.85. The van der Waals surface area contributed by atoms with E-state index >= 15 is 0 Å². The van der Waals surface area contributed by atoms with Gasteiger partial charge in [-0.2, -0.15) is 4.31 Å². The second-order valence-corrected chi connectivity index (χ2v) is 7.85. The van der Waals surface area contributed by atoms with E-state index in [1.54, 1.807) is 31.3 Å². The van der Waals surface area contributed by atoms with Crippen molar-refractivity contribution in [1.29, 1.82) is 0 Å². The molecule has 2 aromatic carbocycles. The van der Waals surface area contributed by atoms with Gasteiger partial charge in [0, 0.05) is 32.4 Å². The van der Waals surface area contributed by atoms with Crippen LogP contribution < -0.4 is 4.90 Å². The van der Waals surface area contributed by atoms with Crippen LogP contribution in [0.3, 0.4) is 0 Å². The van der Waals surface area contributed by atoms with E-state index < -0.39 is 10.0 Å². The van der Waals surface area contributed by atoms with Crippen LogP contribution in [0.2, 0.25) is 0 Å². The number of sulfonamides is 1. The second-order valence-electron chi connectivity index (χ2n) is 5.80. The van der Waals surface area contributed by atoms with Gasteiger partial charge in [0.1, 0.15) is 0 Å². The molecule has 0 bridgehead atoms. The molecule has 24 heavy (non-hydrogen) atoms. The van der Waals surface area contributed by atoms with E-state index in [4.69, 9.17) is 4.74 Å². The number of morpholine rings is 1. The predicted octanol–water partition coefficient (Wildman–Crippen LogP) is 2.34. The van der Waals surface area contributed by atoms with Gasteiger partial charge in [0.05, 0.1) is 18.1 Å². The Balaban J connectivity index is 1.83.